The minimum absolute atomic E-state index is 0.0495. The van der Waals surface area contributed by atoms with Gasteiger partial charge >= 0.3 is 6.16 Å². The van der Waals surface area contributed by atoms with E-state index in [1.165, 1.54) is 0 Å². The topological polar surface area (TPSA) is 85.0 Å². The molecule has 8 atom stereocenters. The Hall–Kier alpha value is -0.320. The lowest BCUT2D eigenvalue weighted by Gasteiger charge is -2.50. The molecule has 0 bridgehead atoms. The van der Waals surface area contributed by atoms with E-state index in [1.54, 1.807) is 0 Å². The quantitative estimate of drug-likeness (QED) is 0.117. The molecule has 4 aliphatic heterocycles. The van der Waals surface area contributed by atoms with Crippen LogP contribution < -0.4 is 21.3 Å². The van der Waals surface area contributed by atoms with E-state index in [0.717, 1.165) is 51.4 Å². The van der Waals surface area contributed by atoms with Gasteiger partial charge in [-0.3, -0.25) is 18.9 Å². The average Bonchev–Trinajstić information content (AvgIpc) is 3.07. The molecule has 4 fully saturated rings. The molecule has 8 heteroatoms. The van der Waals surface area contributed by atoms with Gasteiger partial charge in [-0.05, 0) is 98.7 Å². The fourth-order valence-corrected chi connectivity index (χ4v) is 9.38. The molecule has 0 aromatic carbocycles. The summed E-state index contributed by atoms with van der Waals surface area (Å²) in [5.41, 5.74) is 0. The van der Waals surface area contributed by atoms with Gasteiger partial charge in [0.25, 0.3) is 0 Å². The minimum Gasteiger partial charge on any atom is -0.311 e. The Balaban J connectivity index is 1.82. The van der Waals surface area contributed by atoms with E-state index in [-0.39, 0.29) is 24.4 Å². The van der Waals surface area contributed by atoms with Crippen LogP contribution in [0.5, 0.6) is 0 Å². The van der Waals surface area contributed by atoms with Crippen molar-refractivity contribution < 1.29 is 18.9 Å². The second-order valence-electron chi connectivity index (χ2n) is 20.8. The van der Waals surface area contributed by atoms with Gasteiger partial charge in [0.1, 0.15) is 0 Å². The molecule has 4 N–H and O–H groups in total. The molecular formula is C45H88N4O4. The molecule has 8 unspecified atom stereocenters. The van der Waals surface area contributed by atoms with Crippen molar-refractivity contribution in [2.75, 3.05) is 0 Å². The summed E-state index contributed by atoms with van der Waals surface area (Å²) in [6, 6.07) is 2.87. The van der Waals surface area contributed by atoms with Crippen molar-refractivity contribution in [2.45, 2.75) is 241 Å². The average molecular weight is 749 g/mol. The molecule has 4 rings (SSSR count). The minimum atomic E-state index is -1.59. The van der Waals surface area contributed by atoms with Crippen LogP contribution in [-0.2, 0) is 18.9 Å². The van der Waals surface area contributed by atoms with E-state index in [1.807, 2.05) is 0 Å². The van der Waals surface area contributed by atoms with Crippen LogP contribution in [-0.4, -0.2) is 78.9 Å². The van der Waals surface area contributed by atoms with Crippen molar-refractivity contribution in [1.82, 2.24) is 21.3 Å². The van der Waals surface area contributed by atoms with Gasteiger partial charge in [-0.25, -0.2) is 0 Å². The van der Waals surface area contributed by atoms with Crippen LogP contribution in [0.4, 0.5) is 0 Å². The van der Waals surface area contributed by atoms with E-state index in [4.69, 9.17) is 18.9 Å². The van der Waals surface area contributed by atoms with E-state index >= 15 is 0 Å². The highest BCUT2D eigenvalue weighted by Gasteiger charge is 2.51. The fourth-order valence-electron chi connectivity index (χ4n) is 9.38. The number of piperidine rings is 4. The van der Waals surface area contributed by atoms with Crippen LogP contribution in [0.3, 0.4) is 0 Å². The van der Waals surface area contributed by atoms with E-state index in [9.17, 15) is 0 Å². The summed E-state index contributed by atoms with van der Waals surface area (Å²) >= 11 is 0. The normalized spacial score (nSPS) is 37.6. The monoisotopic (exact) mass is 749 g/mol. The van der Waals surface area contributed by atoms with Crippen LogP contribution in [0.2, 0.25) is 0 Å². The highest BCUT2D eigenvalue weighted by atomic mass is 17.0. The second-order valence-corrected chi connectivity index (χ2v) is 20.8. The van der Waals surface area contributed by atoms with Crippen molar-refractivity contribution in [2.24, 2.45) is 47.3 Å². The molecule has 8 nitrogen and oxygen atoms in total. The zero-order valence-electron chi connectivity index (χ0n) is 37.3. The number of hydrogen-bond acceptors (Lipinski definition) is 8. The molecule has 312 valence electrons. The number of hydrogen-bond donors (Lipinski definition) is 4. The van der Waals surface area contributed by atoms with Crippen LogP contribution in [0.15, 0.2) is 0 Å². The maximum atomic E-state index is 7.55. The van der Waals surface area contributed by atoms with Crippen LogP contribution in [0.25, 0.3) is 0 Å². The number of rotatable bonds is 16. The molecule has 0 aromatic rings. The maximum Gasteiger partial charge on any atom is 0.413 e. The lowest BCUT2D eigenvalue weighted by atomic mass is 9.85. The fraction of sp³-hybridized carbons (Fsp3) is 1.00. The third-order valence-electron chi connectivity index (χ3n) is 13.5. The summed E-state index contributed by atoms with van der Waals surface area (Å²) in [5.74, 6) is 3.95. The lowest BCUT2D eigenvalue weighted by Crippen LogP contribution is -2.61. The summed E-state index contributed by atoms with van der Waals surface area (Å²) in [7, 11) is 0. The zero-order valence-corrected chi connectivity index (χ0v) is 37.3. The largest absolute Gasteiger partial charge is 0.413 e. The van der Waals surface area contributed by atoms with Gasteiger partial charge in [-0.2, -0.15) is 0 Å². The zero-order chi connectivity index (χ0) is 39.4. The number of nitrogens with one attached hydrogen (secondary N) is 4. The molecule has 53 heavy (non-hydrogen) atoms. The predicted octanol–water partition coefficient (Wildman–Crippen LogP) is 8.87. The second kappa shape index (κ2) is 19.9. The van der Waals surface area contributed by atoms with Gasteiger partial charge in [0, 0.05) is 48.3 Å². The first-order chi connectivity index (χ1) is 24.7. The molecule has 0 amide bonds. The number of ether oxygens (including phenoxy) is 4. The molecule has 0 aliphatic carbocycles. The van der Waals surface area contributed by atoms with Gasteiger partial charge in [0.05, 0.1) is 24.4 Å². The first-order valence-corrected chi connectivity index (χ1v) is 22.5. The van der Waals surface area contributed by atoms with Crippen LogP contribution >= 0.6 is 0 Å². The van der Waals surface area contributed by atoms with Gasteiger partial charge in [0.15, 0.2) is 0 Å². The molecule has 4 heterocycles. The van der Waals surface area contributed by atoms with Crippen LogP contribution in [0.1, 0.15) is 162 Å². The van der Waals surface area contributed by atoms with Crippen LogP contribution in [0, 0.1) is 47.3 Å². The molecular weight excluding hydrogens is 661 g/mol. The first kappa shape index (κ1) is 45.4. The van der Waals surface area contributed by atoms with Gasteiger partial charge in [-0.15, -0.1) is 0 Å². The van der Waals surface area contributed by atoms with Crippen molar-refractivity contribution >= 4 is 0 Å². The third kappa shape index (κ3) is 12.8. The Bertz CT molecular complexity index is 836. The SMILES string of the molecule is CC(C)C1CC(OC(OC2CC(C(C)C)NC(C(C)C)C2)(OC2CC(C(C)C)NC(C(C)C)C2)OC2CC(C(C)C)NC(C(C)C)C2)CC(C(C)C)N1. The molecule has 0 saturated carbocycles. The first-order valence-electron chi connectivity index (χ1n) is 22.5. The van der Waals surface area contributed by atoms with Gasteiger partial charge in [0.2, 0.25) is 0 Å². The Morgan fingerprint density at radius 3 is 0.528 bits per heavy atom. The molecule has 0 aromatic heterocycles. The summed E-state index contributed by atoms with van der Waals surface area (Å²) < 4.78 is 30.2. The molecule has 4 aliphatic rings. The van der Waals surface area contributed by atoms with E-state index in [2.05, 4.69) is 132 Å². The maximum absolute atomic E-state index is 7.55. The van der Waals surface area contributed by atoms with E-state index < -0.39 is 6.16 Å². The Morgan fingerprint density at radius 1 is 0.283 bits per heavy atom. The van der Waals surface area contributed by atoms with E-state index in [0.29, 0.717) is 95.7 Å². The Labute approximate surface area is 327 Å². The highest BCUT2D eigenvalue weighted by Crippen LogP contribution is 2.40. The summed E-state index contributed by atoms with van der Waals surface area (Å²) in [6.45, 7) is 37.4. The van der Waals surface area contributed by atoms with Crippen molar-refractivity contribution in [3.8, 4) is 0 Å². The predicted molar refractivity (Wildman–Crippen MR) is 221 cm³/mol. The summed E-state index contributed by atoms with van der Waals surface area (Å²) in [4.78, 5) is 0. The lowest BCUT2D eigenvalue weighted by molar-refractivity contribution is -0.538. The Kier molecular flexibility index (Phi) is 17.0. The van der Waals surface area contributed by atoms with Crippen molar-refractivity contribution in [1.29, 1.82) is 0 Å². The van der Waals surface area contributed by atoms with Crippen molar-refractivity contribution in [3.05, 3.63) is 0 Å². The third-order valence-corrected chi connectivity index (χ3v) is 13.5. The molecule has 4 saturated heterocycles. The molecule has 0 radical (unpaired) electrons. The van der Waals surface area contributed by atoms with Crippen molar-refractivity contribution in [3.63, 3.8) is 0 Å². The van der Waals surface area contributed by atoms with Gasteiger partial charge in [-0.1, -0.05) is 111 Å². The molecule has 0 spiro atoms. The smallest absolute Gasteiger partial charge is 0.311 e. The standard InChI is InChI=1S/C45H88N4O4/c1-25(2)37-17-33(18-38(46-37)26(3)4)50-45(51-34-19-39(27(5)6)47-40(20-34)28(7)8,52-35-21-41(29(9)10)48-42(22-35)30(11)12)53-36-23-43(31(13)14)49-44(24-36)32(15)16/h25-44,46-49H,17-24H2,1-16H3. The summed E-state index contributed by atoms with van der Waals surface area (Å²) in [5, 5.41) is 16.0. The van der Waals surface area contributed by atoms with Gasteiger partial charge < -0.3 is 21.3 Å². The highest BCUT2D eigenvalue weighted by molar-refractivity contribution is 4.95. The Morgan fingerprint density at radius 2 is 0.415 bits per heavy atom. The summed E-state index contributed by atoms with van der Waals surface area (Å²) in [6.07, 6.45) is 5.54.